The summed E-state index contributed by atoms with van der Waals surface area (Å²) < 4.78 is 2.02. The first-order valence-corrected chi connectivity index (χ1v) is 7.36. The summed E-state index contributed by atoms with van der Waals surface area (Å²) in [6.07, 6.45) is 1.96. The molecule has 0 saturated carbocycles. The Morgan fingerprint density at radius 2 is 1.75 bits per heavy atom. The number of hydrogen-bond acceptors (Lipinski definition) is 2. The van der Waals surface area contributed by atoms with Gasteiger partial charge in [-0.1, -0.05) is 39.8 Å². The molecular weight excluding hydrogens is 246 g/mol. The lowest BCUT2D eigenvalue weighted by Crippen LogP contribution is -2.22. The van der Waals surface area contributed by atoms with Crippen LogP contribution in [-0.4, -0.2) is 15.8 Å². The van der Waals surface area contributed by atoms with Gasteiger partial charge in [0.25, 0.3) is 0 Å². The van der Waals surface area contributed by atoms with Crippen molar-refractivity contribution in [3.05, 3.63) is 47.3 Å². The molecule has 0 amide bonds. The molecule has 2 rings (SSSR count). The van der Waals surface area contributed by atoms with Crippen molar-refractivity contribution in [2.75, 3.05) is 0 Å². The quantitative estimate of drug-likeness (QED) is 0.896. The first-order chi connectivity index (χ1) is 9.49. The van der Waals surface area contributed by atoms with Gasteiger partial charge in [-0.25, -0.2) is 4.68 Å². The van der Waals surface area contributed by atoms with E-state index >= 15 is 0 Å². The summed E-state index contributed by atoms with van der Waals surface area (Å²) in [4.78, 5) is 0. The average molecular weight is 271 g/mol. The zero-order valence-electron chi connectivity index (χ0n) is 13.1. The van der Waals surface area contributed by atoms with Gasteiger partial charge in [-0.05, 0) is 30.5 Å². The van der Waals surface area contributed by atoms with Gasteiger partial charge in [0.15, 0.2) is 0 Å². The van der Waals surface area contributed by atoms with Gasteiger partial charge >= 0.3 is 0 Å². The molecule has 3 heteroatoms. The Morgan fingerprint density at radius 3 is 2.30 bits per heavy atom. The highest BCUT2D eigenvalue weighted by molar-refractivity contribution is 5.37. The molecule has 1 N–H and O–H groups in total. The molecule has 0 radical (unpaired) electrons. The number of aromatic nitrogens is 2. The van der Waals surface area contributed by atoms with Gasteiger partial charge in [0, 0.05) is 23.8 Å². The maximum absolute atomic E-state index is 4.52. The van der Waals surface area contributed by atoms with Crippen LogP contribution in [0, 0.1) is 6.92 Å². The minimum absolute atomic E-state index is 0.489. The standard InChI is InChI=1S/C17H25N3/c1-12(2)15-6-8-17(9-7-15)20-14(5)16(11-19-20)10-18-13(3)4/h6-9,11-13,18H,10H2,1-5H3. The van der Waals surface area contributed by atoms with Gasteiger partial charge in [0.2, 0.25) is 0 Å². The molecule has 0 fully saturated rings. The predicted molar refractivity (Wildman–Crippen MR) is 84.4 cm³/mol. The Bertz CT molecular complexity index is 550. The van der Waals surface area contributed by atoms with Crippen LogP contribution in [0.3, 0.4) is 0 Å². The normalized spacial score (nSPS) is 11.6. The average Bonchev–Trinajstić information content (AvgIpc) is 2.78. The van der Waals surface area contributed by atoms with Gasteiger partial charge in [-0.2, -0.15) is 5.10 Å². The van der Waals surface area contributed by atoms with E-state index in [-0.39, 0.29) is 0 Å². The molecule has 0 spiro atoms. The van der Waals surface area contributed by atoms with Crippen molar-refractivity contribution in [1.29, 1.82) is 0 Å². The molecule has 0 saturated heterocycles. The molecule has 0 unspecified atom stereocenters. The summed E-state index contributed by atoms with van der Waals surface area (Å²) in [7, 11) is 0. The summed E-state index contributed by atoms with van der Waals surface area (Å²) in [5.74, 6) is 0.563. The van der Waals surface area contributed by atoms with Crippen molar-refractivity contribution < 1.29 is 0 Å². The Balaban J connectivity index is 2.20. The van der Waals surface area contributed by atoms with Crippen LogP contribution < -0.4 is 5.32 Å². The largest absolute Gasteiger partial charge is 0.310 e. The van der Waals surface area contributed by atoms with Crippen molar-refractivity contribution in [1.82, 2.24) is 15.1 Å². The monoisotopic (exact) mass is 271 g/mol. The number of nitrogens with one attached hydrogen (secondary N) is 1. The van der Waals surface area contributed by atoms with Gasteiger partial charge < -0.3 is 5.32 Å². The molecular formula is C17H25N3. The van der Waals surface area contributed by atoms with Crippen LogP contribution >= 0.6 is 0 Å². The Labute approximate surface area is 122 Å². The zero-order valence-corrected chi connectivity index (χ0v) is 13.1. The topological polar surface area (TPSA) is 29.9 Å². The van der Waals surface area contributed by atoms with Crippen LogP contribution in [0.25, 0.3) is 5.69 Å². The second-order valence-electron chi connectivity index (χ2n) is 5.95. The van der Waals surface area contributed by atoms with Gasteiger partial charge in [-0.3, -0.25) is 0 Å². The minimum Gasteiger partial charge on any atom is -0.310 e. The molecule has 3 nitrogen and oxygen atoms in total. The molecule has 1 heterocycles. The van der Waals surface area contributed by atoms with E-state index in [0.717, 1.165) is 12.2 Å². The molecule has 2 aromatic rings. The summed E-state index contributed by atoms with van der Waals surface area (Å²) >= 11 is 0. The second kappa shape index (κ2) is 6.23. The fourth-order valence-corrected chi connectivity index (χ4v) is 2.19. The Kier molecular flexibility index (Phi) is 4.61. The molecule has 1 aromatic heterocycles. The first-order valence-electron chi connectivity index (χ1n) is 7.36. The molecule has 0 aliphatic rings. The first kappa shape index (κ1) is 14.8. The lowest BCUT2D eigenvalue weighted by molar-refractivity contribution is 0.587. The van der Waals surface area contributed by atoms with Crippen LogP contribution in [0.5, 0.6) is 0 Å². The molecule has 0 atom stereocenters. The highest BCUT2D eigenvalue weighted by Gasteiger charge is 2.08. The Hall–Kier alpha value is -1.61. The van der Waals surface area contributed by atoms with Crippen LogP contribution in [-0.2, 0) is 6.54 Å². The SMILES string of the molecule is Cc1c(CNC(C)C)cnn1-c1ccc(C(C)C)cc1. The van der Waals surface area contributed by atoms with Gasteiger partial charge in [0.05, 0.1) is 11.9 Å². The fraction of sp³-hybridized carbons (Fsp3) is 0.471. The Morgan fingerprint density at radius 1 is 1.10 bits per heavy atom. The molecule has 0 aliphatic heterocycles. The lowest BCUT2D eigenvalue weighted by Gasteiger charge is -2.10. The maximum atomic E-state index is 4.52. The third kappa shape index (κ3) is 3.28. The van der Waals surface area contributed by atoms with E-state index in [4.69, 9.17) is 0 Å². The number of nitrogens with zero attached hydrogens (tertiary/aromatic N) is 2. The molecule has 1 aromatic carbocycles. The van der Waals surface area contributed by atoms with E-state index in [9.17, 15) is 0 Å². The predicted octanol–water partition coefficient (Wildman–Crippen LogP) is 3.80. The third-order valence-corrected chi connectivity index (χ3v) is 3.62. The van der Waals surface area contributed by atoms with Crippen LogP contribution in [0.15, 0.2) is 30.5 Å². The lowest BCUT2D eigenvalue weighted by atomic mass is 10.0. The van der Waals surface area contributed by atoms with E-state index in [0.29, 0.717) is 12.0 Å². The summed E-state index contributed by atoms with van der Waals surface area (Å²) in [6, 6.07) is 9.16. The smallest absolute Gasteiger partial charge is 0.0648 e. The van der Waals surface area contributed by atoms with Crippen LogP contribution in [0.1, 0.15) is 50.4 Å². The summed E-state index contributed by atoms with van der Waals surface area (Å²) in [5.41, 5.74) is 4.95. The van der Waals surface area contributed by atoms with E-state index in [1.807, 2.05) is 10.9 Å². The summed E-state index contributed by atoms with van der Waals surface area (Å²) in [6.45, 7) is 11.7. The molecule has 20 heavy (non-hydrogen) atoms. The van der Waals surface area contributed by atoms with Crippen LogP contribution in [0.2, 0.25) is 0 Å². The van der Waals surface area contributed by atoms with Crippen molar-refractivity contribution >= 4 is 0 Å². The minimum atomic E-state index is 0.489. The highest BCUT2D eigenvalue weighted by Crippen LogP contribution is 2.18. The van der Waals surface area contributed by atoms with Gasteiger partial charge in [0.1, 0.15) is 0 Å². The molecule has 0 aliphatic carbocycles. The number of hydrogen-bond donors (Lipinski definition) is 1. The van der Waals surface area contributed by atoms with Crippen LogP contribution in [0.4, 0.5) is 0 Å². The number of benzene rings is 1. The molecule has 108 valence electrons. The van der Waals surface area contributed by atoms with Gasteiger partial charge in [-0.15, -0.1) is 0 Å². The van der Waals surface area contributed by atoms with E-state index in [2.05, 4.69) is 69.3 Å². The highest BCUT2D eigenvalue weighted by atomic mass is 15.3. The maximum Gasteiger partial charge on any atom is 0.0648 e. The second-order valence-corrected chi connectivity index (χ2v) is 5.95. The van der Waals surface area contributed by atoms with E-state index in [1.165, 1.54) is 16.8 Å². The number of rotatable bonds is 5. The zero-order chi connectivity index (χ0) is 14.7. The summed E-state index contributed by atoms with van der Waals surface area (Å²) in [5, 5.41) is 7.95. The van der Waals surface area contributed by atoms with E-state index < -0.39 is 0 Å². The fourth-order valence-electron chi connectivity index (χ4n) is 2.19. The van der Waals surface area contributed by atoms with Crippen molar-refractivity contribution in [2.24, 2.45) is 0 Å². The van der Waals surface area contributed by atoms with Crippen molar-refractivity contribution in [2.45, 2.75) is 53.1 Å². The molecule has 0 bridgehead atoms. The third-order valence-electron chi connectivity index (χ3n) is 3.62. The van der Waals surface area contributed by atoms with Crippen molar-refractivity contribution in [3.63, 3.8) is 0 Å². The van der Waals surface area contributed by atoms with Crippen molar-refractivity contribution in [3.8, 4) is 5.69 Å². The van der Waals surface area contributed by atoms with E-state index in [1.54, 1.807) is 0 Å².